The van der Waals surface area contributed by atoms with E-state index in [1.807, 2.05) is 13.8 Å². The number of hydrogen-bond donors (Lipinski definition) is 1. The monoisotopic (exact) mass is 248 g/mol. The van der Waals surface area contributed by atoms with E-state index in [4.69, 9.17) is 5.26 Å². The van der Waals surface area contributed by atoms with E-state index in [1.54, 1.807) is 18.0 Å². The van der Waals surface area contributed by atoms with Gasteiger partial charge >= 0.3 is 0 Å². The average Bonchev–Trinajstić information content (AvgIpc) is 2.43. The number of allylic oxidation sites excluding steroid dienone is 1. The van der Waals surface area contributed by atoms with Crippen molar-refractivity contribution in [3.8, 4) is 6.07 Å². The smallest absolute Gasteiger partial charge is 0.273 e. The SMILES string of the molecule is CC/C(C)=C/C(=NC)C(=O)N1CCNCC1C#N. The van der Waals surface area contributed by atoms with Gasteiger partial charge in [-0.15, -0.1) is 0 Å². The molecule has 0 radical (unpaired) electrons. The van der Waals surface area contributed by atoms with Crippen LogP contribution in [0, 0.1) is 11.3 Å². The molecule has 1 fully saturated rings. The van der Waals surface area contributed by atoms with Crippen molar-refractivity contribution in [1.82, 2.24) is 10.2 Å². The van der Waals surface area contributed by atoms with Gasteiger partial charge in [0.2, 0.25) is 0 Å². The minimum atomic E-state index is -0.404. The Kier molecular flexibility index (Phi) is 5.53. The predicted octanol–water partition coefficient (Wildman–Crippen LogP) is 0.737. The fraction of sp³-hybridized carbons (Fsp3) is 0.615. The van der Waals surface area contributed by atoms with Gasteiger partial charge < -0.3 is 10.2 Å². The third-order valence-corrected chi connectivity index (χ3v) is 3.05. The maximum absolute atomic E-state index is 12.3. The predicted molar refractivity (Wildman–Crippen MR) is 71.4 cm³/mol. The maximum atomic E-state index is 12.3. The van der Waals surface area contributed by atoms with E-state index in [0.717, 1.165) is 18.5 Å². The van der Waals surface area contributed by atoms with Gasteiger partial charge in [-0.3, -0.25) is 9.79 Å². The Bertz CT molecular complexity index is 406. The molecule has 1 rings (SSSR count). The lowest BCUT2D eigenvalue weighted by Crippen LogP contribution is -2.54. The molecule has 1 amide bonds. The molecule has 1 atom stereocenters. The van der Waals surface area contributed by atoms with Crippen LogP contribution in [-0.4, -0.2) is 49.2 Å². The molecule has 1 aliphatic rings. The normalized spacial score (nSPS) is 21.7. The first-order valence-corrected chi connectivity index (χ1v) is 6.19. The highest BCUT2D eigenvalue weighted by Crippen LogP contribution is 2.07. The molecular weight excluding hydrogens is 228 g/mol. The minimum Gasteiger partial charge on any atom is -0.319 e. The number of rotatable bonds is 3. The topological polar surface area (TPSA) is 68.5 Å². The highest BCUT2D eigenvalue weighted by atomic mass is 16.2. The van der Waals surface area contributed by atoms with E-state index < -0.39 is 6.04 Å². The van der Waals surface area contributed by atoms with Crippen molar-refractivity contribution in [1.29, 1.82) is 5.26 Å². The molecule has 1 aliphatic heterocycles. The summed E-state index contributed by atoms with van der Waals surface area (Å²) >= 11 is 0. The van der Waals surface area contributed by atoms with Crippen molar-refractivity contribution in [2.75, 3.05) is 26.7 Å². The number of carbonyl (C=O) groups is 1. The first-order chi connectivity index (χ1) is 8.63. The molecule has 1 unspecified atom stereocenters. The molecule has 0 aliphatic carbocycles. The zero-order chi connectivity index (χ0) is 13.5. The number of piperazine rings is 1. The van der Waals surface area contributed by atoms with Crippen molar-refractivity contribution in [3.63, 3.8) is 0 Å². The highest BCUT2D eigenvalue weighted by Gasteiger charge is 2.28. The first kappa shape index (κ1) is 14.4. The van der Waals surface area contributed by atoms with E-state index >= 15 is 0 Å². The van der Waals surface area contributed by atoms with Crippen LogP contribution in [0.1, 0.15) is 20.3 Å². The summed E-state index contributed by atoms with van der Waals surface area (Å²) in [6.45, 7) is 5.80. The summed E-state index contributed by atoms with van der Waals surface area (Å²) in [5, 5.41) is 12.2. The van der Waals surface area contributed by atoms with Gasteiger partial charge in [0, 0.05) is 26.7 Å². The molecular formula is C13H20N4O. The summed E-state index contributed by atoms with van der Waals surface area (Å²) in [6, 6.07) is 1.74. The van der Waals surface area contributed by atoms with Crippen LogP contribution in [0.3, 0.4) is 0 Å². The van der Waals surface area contributed by atoms with Gasteiger partial charge in [0.15, 0.2) is 0 Å². The molecule has 1 N–H and O–H groups in total. The van der Waals surface area contributed by atoms with Gasteiger partial charge in [0.25, 0.3) is 5.91 Å². The van der Waals surface area contributed by atoms with Crippen LogP contribution in [0.25, 0.3) is 0 Å². The van der Waals surface area contributed by atoms with Gasteiger partial charge in [-0.1, -0.05) is 12.5 Å². The van der Waals surface area contributed by atoms with Crippen LogP contribution in [0.5, 0.6) is 0 Å². The lowest BCUT2D eigenvalue weighted by atomic mass is 10.1. The number of carbonyl (C=O) groups excluding carboxylic acids is 1. The largest absolute Gasteiger partial charge is 0.319 e. The van der Waals surface area contributed by atoms with Gasteiger partial charge in [-0.2, -0.15) is 5.26 Å². The summed E-state index contributed by atoms with van der Waals surface area (Å²) < 4.78 is 0. The van der Waals surface area contributed by atoms with E-state index in [0.29, 0.717) is 18.8 Å². The van der Waals surface area contributed by atoms with Gasteiger partial charge in [0.1, 0.15) is 11.8 Å². The fourth-order valence-electron chi connectivity index (χ4n) is 1.77. The van der Waals surface area contributed by atoms with E-state index in [9.17, 15) is 4.79 Å². The number of hydrogen-bond acceptors (Lipinski definition) is 4. The minimum absolute atomic E-state index is 0.154. The third-order valence-electron chi connectivity index (χ3n) is 3.05. The maximum Gasteiger partial charge on any atom is 0.273 e. The highest BCUT2D eigenvalue weighted by molar-refractivity contribution is 6.43. The fourth-order valence-corrected chi connectivity index (χ4v) is 1.77. The van der Waals surface area contributed by atoms with Crippen LogP contribution in [0.15, 0.2) is 16.6 Å². The second-order valence-electron chi connectivity index (χ2n) is 4.30. The summed E-state index contributed by atoms with van der Waals surface area (Å²) in [5.74, 6) is -0.154. The van der Waals surface area contributed by atoms with Crippen LogP contribution < -0.4 is 5.32 Å². The Balaban J connectivity index is 2.87. The summed E-state index contributed by atoms with van der Waals surface area (Å²) in [5.41, 5.74) is 1.53. The van der Waals surface area contributed by atoms with E-state index in [-0.39, 0.29) is 5.91 Å². The molecule has 0 saturated carbocycles. The number of amides is 1. The van der Waals surface area contributed by atoms with Crippen LogP contribution in [0.2, 0.25) is 0 Å². The zero-order valence-electron chi connectivity index (χ0n) is 11.2. The van der Waals surface area contributed by atoms with Crippen molar-refractivity contribution >= 4 is 11.6 Å². The molecule has 0 spiro atoms. The molecule has 98 valence electrons. The van der Waals surface area contributed by atoms with Gasteiger partial charge in [0.05, 0.1) is 6.07 Å². The number of nitrogens with one attached hydrogen (secondary N) is 1. The second kappa shape index (κ2) is 6.92. The second-order valence-corrected chi connectivity index (χ2v) is 4.30. The van der Waals surface area contributed by atoms with Gasteiger partial charge in [-0.05, 0) is 19.4 Å². The van der Waals surface area contributed by atoms with Crippen molar-refractivity contribution in [2.45, 2.75) is 26.3 Å². The summed E-state index contributed by atoms with van der Waals surface area (Å²) in [6.07, 6.45) is 2.69. The standard InChI is InChI=1S/C13H20N4O/c1-4-10(2)7-12(15-3)13(18)17-6-5-16-9-11(17)8-14/h7,11,16H,4-6,9H2,1-3H3/b10-7+,15-12?. The van der Waals surface area contributed by atoms with Crippen LogP contribution in [0.4, 0.5) is 0 Å². The summed E-state index contributed by atoms with van der Waals surface area (Å²) in [4.78, 5) is 18.0. The molecule has 0 aromatic carbocycles. The van der Waals surface area contributed by atoms with Gasteiger partial charge in [-0.25, -0.2) is 0 Å². The zero-order valence-corrected chi connectivity index (χ0v) is 11.2. The lowest BCUT2D eigenvalue weighted by molar-refractivity contribution is -0.125. The molecule has 5 nitrogen and oxygen atoms in total. The summed E-state index contributed by atoms with van der Waals surface area (Å²) in [7, 11) is 1.61. The van der Waals surface area contributed by atoms with E-state index in [1.165, 1.54) is 0 Å². The number of nitriles is 1. The molecule has 0 bridgehead atoms. The lowest BCUT2D eigenvalue weighted by Gasteiger charge is -2.31. The Morgan fingerprint density at radius 3 is 2.94 bits per heavy atom. The Labute approximate surface area is 108 Å². The Morgan fingerprint density at radius 2 is 2.39 bits per heavy atom. The average molecular weight is 248 g/mol. The van der Waals surface area contributed by atoms with E-state index in [2.05, 4.69) is 16.4 Å². The van der Waals surface area contributed by atoms with Crippen LogP contribution in [-0.2, 0) is 4.79 Å². The van der Waals surface area contributed by atoms with Crippen molar-refractivity contribution < 1.29 is 4.79 Å². The quantitative estimate of drug-likeness (QED) is 0.749. The van der Waals surface area contributed by atoms with Crippen molar-refractivity contribution in [2.24, 2.45) is 4.99 Å². The number of aliphatic imine (C=N–C) groups is 1. The molecule has 5 heteroatoms. The molecule has 1 saturated heterocycles. The van der Waals surface area contributed by atoms with Crippen molar-refractivity contribution in [3.05, 3.63) is 11.6 Å². The molecule has 0 aromatic heterocycles. The Morgan fingerprint density at radius 1 is 1.67 bits per heavy atom. The van der Waals surface area contributed by atoms with Crippen LogP contribution >= 0.6 is 0 Å². The third kappa shape index (κ3) is 3.41. The first-order valence-electron chi connectivity index (χ1n) is 6.19. The molecule has 0 aromatic rings. The molecule has 1 heterocycles. The number of nitrogens with zero attached hydrogens (tertiary/aromatic N) is 3. The molecule has 18 heavy (non-hydrogen) atoms. The Hall–Kier alpha value is -1.67.